The lowest BCUT2D eigenvalue weighted by Crippen LogP contribution is -2.49. The molecule has 2 aromatic carbocycles. The number of aliphatic hydroxyl groups excluding tert-OH is 1. The largest absolute Gasteiger partial charge is 0.394 e. The summed E-state index contributed by atoms with van der Waals surface area (Å²) in [5.41, 5.74) is 2.51. The molecule has 1 N–H and O–H groups in total. The fraction of sp³-hybridized carbons (Fsp3) is 0.238. The van der Waals surface area contributed by atoms with E-state index in [9.17, 15) is 9.90 Å². The van der Waals surface area contributed by atoms with Crippen molar-refractivity contribution in [1.29, 1.82) is 0 Å². The Morgan fingerprint density at radius 3 is 2.59 bits per heavy atom. The van der Waals surface area contributed by atoms with Gasteiger partial charge in [0.1, 0.15) is 6.10 Å². The first-order chi connectivity index (χ1) is 13.3. The topological polar surface area (TPSA) is 67.6 Å². The second kappa shape index (κ2) is 7.73. The van der Waals surface area contributed by atoms with Crippen LogP contribution in [0.25, 0.3) is 5.69 Å². The lowest BCUT2D eigenvalue weighted by molar-refractivity contribution is -0.0811. The van der Waals surface area contributed by atoms with Crippen molar-refractivity contribution in [2.45, 2.75) is 12.1 Å². The first-order valence-corrected chi connectivity index (χ1v) is 8.94. The van der Waals surface area contributed by atoms with E-state index < -0.39 is 6.10 Å². The van der Waals surface area contributed by atoms with Crippen LogP contribution >= 0.6 is 0 Å². The van der Waals surface area contributed by atoms with Crippen molar-refractivity contribution in [3.05, 3.63) is 84.4 Å². The summed E-state index contributed by atoms with van der Waals surface area (Å²) in [6.07, 6.45) is 4.86. The van der Waals surface area contributed by atoms with E-state index in [1.807, 2.05) is 65.4 Å². The molecule has 0 aliphatic carbocycles. The van der Waals surface area contributed by atoms with Gasteiger partial charge in [0.15, 0.2) is 0 Å². The molecule has 1 amide bonds. The molecule has 1 aliphatic rings. The maximum absolute atomic E-state index is 13.2. The van der Waals surface area contributed by atoms with Gasteiger partial charge in [-0.15, -0.1) is 0 Å². The minimum Gasteiger partial charge on any atom is -0.394 e. The molecular formula is C21H21N3O3. The summed E-state index contributed by atoms with van der Waals surface area (Å²) in [6, 6.07) is 16.9. The molecule has 1 aliphatic heterocycles. The maximum atomic E-state index is 13.2. The van der Waals surface area contributed by atoms with Gasteiger partial charge in [0.05, 0.1) is 25.6 Å². The zero-order valence-electron chi connectivity index (χ0n) is 14.8. The molecule has 1 aromatic heterocycles. The average molecular weight is 363 g/mol. The van der Waals surface area contributed by atoms with Gasteiger partial charge in [0.25, 0.3) is 5.91 Å². The third-order valence-electron chi connectivity index (χ3n) is 4.85. The molecule has 4 rings (SSSR count). The minimum atomic E-state index is -0.435. The van der Waals surface area contributed by atoms with Crippen LogP contribution < -0.4 is 0 Å². The lowest BCUT2D eigenvalue weighted by atomic mass is 9.97. The number of nitrogens with zero attached hydrogens (tertiary/aromatic N) is 3. The number of imidazole rings is 1. The number of benzene rings is 2. The monoisotopic (exact) mass is 363 g/mol. The van der Waals surface area contributed by atoms with Gasteiger partial charge >= 0.3 is 0 Å². The quantitative estimate of drug-likeness (QED) is 0.773. The molecule has 2 heterocycles. The lowest BCUT2D eigenvalue weighted by Gasteiger charge is -2.41. The van der Waals surface area contributed by atoms with Gasteiger partial charge in [0, 0.05) is 30.2 Å². The molecule has 1 saturated heterocycles. The Morgan fingerprint density at radius 2 is 1.93 bits per heavy atom. The van der Waals surface area contributed by atoms with E-state index >= 15 is 0 Å². The fourth-order valence-electron chi connectivity index (χ4n) is 3.51. The predicted molar refractivity (Wildman–Crippen MR) is 101 cm³/mol. The number of carbonyl (C=O) groups excluding carboxylic acids is 1. The number of carbonyl (C=O) groups is 1. The zero-order valence-corrected chi connectivity index (χ0v) is 14.8. The van der Waals surface area contributed by atoms with Crippen molar-refractivity contribution in [2.75, 3.05) is 19.8 Å². The number of morpholine rings is 1. The number of ether oxygens (including phenoxy) is 1. The van der Waals surface area contributed by atoms with Gasteiger partial charge in [-0.3, -0.25) is 4.79 Å². The number of hydrogen-bond donors (Lipinski definition) is 1. The SMILES string of the molecule is O=C(c1ccc(-n2ccnc2)cc1)N1CCO[C@H](CO)[C@H]1c1ccccc1. The predicted octanol–water partition coefficient (Wildman–Crippen LogP) is 2.45. The third kappa shape index (κ3) is 3.49. The molecule has 1 fully saturated rings. The Hall–Kier alpha value is -2.96. The number of hydrogen-bond acceptors (Lipinski definition) is 4. The highest BCUT2D eigenvalue weighted by atomic mass is 16.5. The highest BCUT2D eigenvalue weighted by Crippen LogP contribution is 2.31. The first kappa shape index (κ1) is 17.5. The Balaban J connectivity index is 1.62. The van der Waals surface area contributed by atoms with Crippen LogP contribution in [0.4, 0.5) is 0 Å². The molecule has 138 valence electrons. The van der Waals surface area contributed by atoms with Gasteiger partial charge < -0.3 is 19.3 Å². The Bertz CT molecular complexity index is 879. The van der Waals surface area contributed by atoms with E-state index in [0.29, 0.717) is 18.7 Å². The summed E-state index contributed by atoms with van der Waals surface area (Å²) >= 11 is 0. The molecule has 0 radical (unpaired) electrons. The molecule has 2 atom stereocenters. The summed E-state index contributed by atoms with van der Waals surface area (Å²) in [5.74, 6) is -0.0669. The van der Waals surface area contributed by atoms with Crippen LogP contribution in [0.3, 0.4) is 0 Å². The average Bonchev–Trinajstić information content (AvgIpc) is 3.28. The number of aromatic nitrogens is 2. The third-order valence-corrected chi connectivity index (χ3v) is 4.85. The molecule has 0 saturated carbocycles. The van der Waals surface area contributed by atoms with E-state index in [2.05, 4.69) is 4.98 Å². The second-order valence-corrected chi connectivity index (χ2v) is 6.46. The van der Waals surface area contributed by atoms with Gasteiger partial charge in [-0.05, 0) is 29.8 Å². The van der Waals surface area contributed by atoms with E-state index in [-0.39, 0.29) is 18.6 Å². The van der Waals surface area contributed by atoms with Crippen molar-refractivity contribution < 1.29 is 14.6 Å². The molecular weight excluding hydrogens is 342 g/mol. The van der Waals surface area contributed by atoms with Crippen LogP contribution in [0.15, 0.2) is 73.3 Å². The molecule has 3 aromatic rings. The Labute approximate surface area is 157 Å². The summed E-state index contributed by atoms with van der Waals surface area (Å²) in [7, 11) is 0. The van der Waals surface area contributed by atoms with Gasteiger partial charge in [0.2, 0.25) is 0 Å². The van der Waals surface area contributed by atoms with Crippen molar-refractivity contribution in [3.8, 4) is 5.69 Å². The summed E-state index contributed by atoms with van der Waals surface area (Å²) in [4.78, 5) is 19.1. The number of rotatable bonds is 4. The van der Waals surface area contributed by atoms with Crippen LogP contribution in [-0.2, 0) is 4.74 Å². The van der Waals surface area contributed by atoms with Crippen LogP contribution in [0.1, 0.15) is 22.0 Å². The van der Waals surface area contributed by atoms with E-state index in [0.717, 1.165) is 11.3 Å². The summed E-state index contributed by atoms with van der Waals surface area (Å²) < 4.78 is 7.61. The zero-order chi connectivity index (χ0) is 18.6. The maximum Gasteiger partial charge on any atom is 0.254 e. The molecule has 0 unspecified atom stereocenters. The summed E-state index contributed by atoms with van der Waals surface area (Å²) in [5, 5.41) is 9.76. The van der Waals surface area contributed by atoms with Crippen molar-refractivity contribution >= 4 is 5.91 Å². The van der Waals surface area contributed by atoms with Gasteiger partial charge in [-0.2, -0.15) is 0 Å². The number of aliphatic hydroxyl groups is 1. The second-order valence-electron chi connectivity index (χ2n) is 6.46. The molecule has 6 nitrogen and oxygen atoms in total. The van der Waals surface area contributed by atoms with E-state index in [1.165, 1.54) is 0 Å². The van der Waals surface area contributed by atoms with Crippen molar-refractivity contribution in [3.63, 3.8) is 0 Å². The fourth-order valence-corrected chi connectivity index (χ4v) is 3.51. The van der Waals surface area contributed by atoms with E-state index in [1.54, 1.807) is 17.4 Å². The van der Waals surface area contributed by atoms with Crippen LogP contribution in [0.5, 0.6) is 0 Å². The van der Waals surface area contributed by atoms with Crippen LogP contribution in [-0.4, -0.2) is 51.3 Å². The minimum absolute atomic E-state index is 0.0669. The normalized spacial score (nSPS) is 19.8. The smallest absolute Gasteiger partial charge is 0.254 e. The highest BCUT2D eigenvalue weighted by Gasteiger charge is 2.36. The Morgan fingerprint density at radius 1 is 1.15 bits per heavy atom. The highest BCUT2D eigenvalue weighted by molar-refractivity contribution is 5.94. The standard InChI is InChI=1S/C21H21N3O3/c25-14-19-20(16-4-2-1-3-5-16)24(12-13-27-19)21(26)17-6-8-18(9-7-17)23-11-10-22-15-23/h1-11,15,19-20,25H,12-14H2/t19-,20-/m1/s1. The van der Waals surface area contributed by atoms with Gasteiger partial charge in [-0.1, -0.05) is 30.3 Å². The number of amides is 1. The van der Waals surface area contributed by atoms with Crippen molar-refractivity contribution in [2.24, 2.45) is 0 Å². The first-order valence-electron chi connectivity index (χ1n) is 8.94. The van der Waals surface area contributed by atoms with Crippen molar-refractivity contribution in [1.82, 2.24) is 14.5 Å². The van der Waals surface area contributed by atoms with Gasteiger partial charge in [-0.25, -0.2) is 4.98 Å². The molecule has 0 bridgehead atoms. The molecule has 6 heteroatoms. The van der Waals surface area contributed by atoms with E-state index in [4.69, 9.17) is 4.74 Å². The van der Waals surface area contributed by atoms with Crippen LogP contribution in [0, 0.1) is 0 Å². The summed E-state index contributed by atoms with van der Waals surface area (Å²) in [6.45, 7) is 0.758. The van der Waals surface area contributed by atoms with Crippen LogP contribution in [0.2, 0.25) is 0 Å². The Kier molecular flexibility index (Phi) is 5.00. The molecule has 27 heavy (non-hydrogen) atoms. The molecule has 0 spiro atoms.